The molecule has 0 aliphatic heterocycles. The fraction of sp³-hybridized carbons (Fsp3) is 0.667. The normalized spacial score (nSPS) is 11.9. The van der Waals surface area contributed by atoms with Crippen LogP contribution in [0, 0.1) is 0 Å². The number of likely N-dealkylation sites (N-methyl/N-ethyl adjacent to an activating group) is 1. The van der Waals surface area contributed by atoms with E-state index in [1.165, 1.54) is 14.0 Å². The first-order valence-corrected chi connectivity index (χ1v) is 3.21. The summed E-state index contributed by atoms with van der Waals surface area (Å²) >= 11 is 0. The Morgan fingerprint density at radius 3 is 2.36 bits per heavy atom. The topological polar surface area (TPSA) is 78.4 Å². The monoisotopic (exact) mass is 160 g/mol. The number of nitrogens with one attached hydrogen (secondary N) is 2. The van der Waals surface area contributed by atoms with Crippen LogP contribution < -0.4 is 10.6 Å². The molecule has 0 aliphatic rings. The Morgan fingerprint density at radius 1 is 1.55 bits per heavy atom. The fourth-order valence-electron chi connectivity index (χ4n) is 0.614. The summed E-state index contributed by atoms with van der Waals surface area (Å²) in [5, 5.41) is 13.2. The average molecular weight is 160 g/mol. The average Bonchev–Trinajstić information content (AvgIpc) is 1.98. The zero-order chi connectivity index (χ0) is 8.85. The summed E-state index contributed by atoms with van der Waals surface area (Å²) in [5.41, 5.74) is 0. The van der Waals surface area contributed by atoms with Crippen molar-refractivity contribution in [3.63, 3.8) is 0 Å². The third kappa shape index (κ3) is 3.57. The number of carbonyl (C=O) groups is 2. The molecule has 0 aromatic heterocycles. The van der Waals surface area contributed by atoms with Crippen molar-refractivity contribution in [2.24, 2.45) is 0 Å². The molecular formula is C6H12N2O3. The highest BCUT2D eigenvalue weighted by atomic mass is 16.3. The summed E-state index contributed by atoms with van der Waals surface area (Å²) < 4.78 is 0. The SMILES string of the molecule is CNC(=O)[C@H](CO)NC(C)=O. The molecule has 0 bridgehead atoms. The van der Waals surface area contributed by atoms with Crippen LogP contribution in [0.15, 0.2) is 0 Å². The molecule has 3 N–H and O–H groups in total. The van der Waals surface area contributed by atoms with Crippen molar-refractivity contribution in [3.05, 3.63) is 0 Å². The van der Waals surface area contributed by atoms with Crippen LogP contribution in [0.25, 0.3) is 0 Å². The van der Waals surface area contributed by atoms with Gasteiger partial charge in [0.1, 0.15) is 6.04 Å². The number of carbonyl (C=O) groups excluding carboxylic acids is 2. The van der Waals surface area contributed by atoms with Crippen LogP contribution in [0.3, 0.4) is 0 Å². The van der Waals surface area contributed by atoms with Crippen molar-refractivity contribution < 1.29 is 14.7 Å². The van der Waals surface area contributed by atoms with E-state index in [4.69, 9.17) is 5.11 Å². The van der Waals surface area contributed by atoms with E-state index in [2.05, 4.69) is 10.6 Å². The molecule has 5 heteroatoms. The van der Waals surface area contributed by atoms with Crippen LogP contribution in [0.5, 0.6) is 0 Å². The molecule has 0 heterocycles. The second kappa shape index (κ2) is 4.68. The lowest BCUT2D eigenvalue weighted by atomic mass is 10.3. The Bertz CT molecular complexity index is 158. The molecular weight excluding hydrogens is 148 g/mol. The molecule has 0 aliphatic carbocycles. The number of hydrogen-bond acceptors (Lipinski definition) is 3. The van der Waals surface area contributed by atoms with E-state index in [0.717, 1.165) is 0 Å². The van der Waals surface area contributed by atoms with Crippen molar-refractivity contribution >= 4 is 11.8 Å². The standard InChI is InChI=1S/C6H12N2O3/c1-4(10)8-5(3-9)6(11)7-2/h5,9H,3H2,1-2H3,(H,7,11)(H,8,10)/t5-/m0/s1. The number of aliphatic hydroxyl groups excluding tert-OH is 1. The van der Waals surface area contributed by atoms with Gasteiger partial charge in [0.2, 0.25) is 11.8 Å². The van der Waals surface area contributed by atoms with E-state index < -0.39 is 11.9 Å². The Morgan fingerprint density at radius 2 is 2.09 bits per heavy atom. The van der Waals surface area contributed by atoms with Crippen molar-refractivity contribution in [1.82, 2.24) is 10.6 Å². The maximum Gasteiger partial charge on any atom is 0.244 e. The maximum absolute atomic E-state index is 10.8. The van der Waals surface area contributed by atoms with Crippen molar-refractivity contribution in [3.8, 4) is 0 Å². The van der Waals surface area contributed by atoms with Crippen LogP contribution >= 0.6 is 0 Å². The smallest absolute Gasteiger partial charge is 0.244 e. The number of aliphatic hydroxyl groups is 1. The number of hydrogen-bond donors (Lipinski definition) is 3. The molecule has 2 amide bonds. The Balaban J connectivity index is 3.94. The predicted octanol–water partition coefficient (Wildman–Crippen LogP) is -1.77. The minimum atomic E-state index is -0.836. The highest BCUT2D eigenvalue weighted by Gasteiger charge is 2.15. The summed E-state index contributed by atoms with van der Waals surface area (Å²) in [6.45, 7) is 0.894. The number of amides is 2. The van der Waals surface area contributed by atoms with Crippen LogP contribution in [-0.2, 0) is 9.59 Å². The summed E-state index contributed by atoms with van der Waals surface area (Å²) in [5.74, 6) is -0.740. The van der Waals surface area contributed by atoms with Crippen LogP contribution in [-0.4, -0.2) is 36.6 Å². The van der Waals surface area contributed by atoms with Gasteiger partial charge >= 0.3 is 0 Å². The maximum atomic E-state index is 10.8. The molecule has 0 saturated heterocycles. The van der Waals surface area contributed by atoms with E-state index in [9.17, 15) is 9.59 Å². The van der Waals surface area contributed by atoms with E-state index in [1.54, 1.807) is 0 Å². The summed E-state index contributed by atoms with van der Waals surface area (Å²) in [4.78, 5) is 21.2. The van der Waals surface area contributed by atoms with Gasteiger partial charge in [-0.1, -0.05) is 0 Å². The van der Waals surface area contributed by atoms with Gasteiger partial charge in [-0.25, -0.2) is 0 Å². The molecule has 0 radical (unpaired) electrons. The first kappa shape index (κ1) is 9.90. The lowest BCUT2D eigenvalue weighted by molar-refractivity contribution is -0.128. The lowest BCUT2D eigenvalue weighted by Gasteiger charge is -2.12. The van der Waals surface area contributed by atoms with Gasteiger partial charge in [0, 0.05) is 14.0 Å². The minimum Gasteiger partial charge on any atom is -0.394 e. The molecule has 1 atom stereocenters. The van der Waals surface area contributed by atoms with Gasteiger partial charge in [-0.2, -0.15) is 0 Å². The predicted molar refractivity (Wildman–Crippen MR) is 38.8 cm³/mol. The van der Waals surface area contributed by atoms with Gasteiger partial charge in [0.15, 0.2) is 0 Å². The Kier molecular flexibility index (Phi) is 4.21. The summed E-state index contributed by atoms with van der Waals surface area (Å²) in [6.07, 6.45) is 0. The first-order valence-electron chi connectivity index (χ1n) is 3.21. The van der Waals surface area contributed by atoms with Gasteiger partial charge in [-0.3, -0.25) is 9.59 Å². The first-order chi connectivity index (χ1) is 5.11. The Labute approximate surface area is 64.8 Å². The van der Waals surface area contributed by atoms with E-state index in [0.29, 0.717) is 0 Å². The number of rotatable bonds is 3. The van der Waals surface area contributed by atoms with Gasteiger partial charge < -0.3 is 15.7 Å². The van der Waals surface area contributed by atoms with Gasteiger partial charge in [-0.05, 0) is 0 Å². The van der Waals surface area contributed by atoms with E-state index >= 15 is 0 Å². The highest BCUT2D eigenvalue weighted by Crippen LogP contribution is 1.80. The highest BCUT2D eigenvalue weighted by molar-refractivity contribution is 5.86. The quantitative estimate of drug-likeness (QED) is 0.457. The molecule has 0 fully saturated rings. The molecule has 64 valence electrons. The molecule has 0 unspecified atom stereocenters. The van der Waals surface area contributed by atoms with Crippen LogP contribution in [0.2, 0.25) is 0 Å². The fourth-order valence-corrected chi connectivity index (χ4v) is 0.614. The largest absolute Gasteiger partial charge is 0.394 e. The summed E-state index contributed by atoms with van der Waals surface area (Å²) in [7, 11) is 1.44. The zero-order valence-corrected chi connectivity index (χ0v) is 6.55. The second-order valence-corrected chi connectivity index (χ2v) is 2.05. The minimum absolute atomic E-state index is 0.340. The van der Waals surface area contributed by atoms with Crippen molar-refractivity contribution in [2.75, 3.05) is 13.7 Å². The van der Waals surface area contributed by atoms with Crippen molar-refractivity contribution in [1.29, 1.82) is 0 Å². The van der Waals surface area contributed by atoms with Gasteiger partial charge in [0.05, 0.1) is 6.61 Å². The second-order valence-electron chi connectivity index (χ2n) is 2.05. The van der Waals surface area contributed by atoms with E-state index in [-0.39, 0.29) is 12.5 Å². The molecule has 11 heavy (non-hydrogen) atoms. The Hall–Kier alpha value is -1.10. The molecule has 0 spiro atoms. The van der Waals surface area contributed by atoms with Gasteiger partial charge in [-0.15, -0.1) is 0 Å². The third-order valence-corrected chi connectivity index (χ3v) is 1.12. The van der Waals surface area contributed by atoms with Crippen molar-refractivity contribution in [2.45, 2.75) is 13.0 Å². The molecule has 0 rings (SSSR count). The lowest BCUT2D eigenvalue weighted by Crippen LogP contribution is -2.47. The molecule has 0 aromatic carbocycles. The van der Waals surface area contributed by atoms with E-state index in [1.807, 2.05) is 0 Å². The van der Waals surface area contributed by atoms with Crippen LogP contribution in [0.1, 0.15) is 6.92 Å². The zero-order valence-electron chi connectivity index (χ0n) is 6.55. The molecule has 5 nitrogen and oxygen atoms in total. The van der Waals surface area contributed by atoms with Gasteiger partial charge in [0.25, 0.3) is 0 Å². The molecule has 0 aromatic rings. The summed E-state index contributed by atoms with van der Waals surface area (Å²) in [6, 6.07) is -0.836. The van der Waals surface area contributed by atoms with Crippen LogP contribution in [0.4, 0.5) is 0 Å². The third-order valence-electron chi connectivity index (χ3n) is 1.12. The molecule has 0 saturated carbocycles.